The molecule has 0 atom stereocenters. The summed E-state index contributed by atoms with van der Waals surface area (Å²) in [6.07, 6.45) is 1.15. The highest BCUT2D eigenvalue weighted by Gasteiger charge is 2.28. The zero-order valence-corrected chi connectivity index (χ0v) is 16.3. The SMILES string of the molecule is COc1ccccc1C(=O)N1CCC(NS(=O)(=O)c2ccc(C)cc2)CC1. The molecule has 1 saturated heterocycles. The molecule has 144 valence electrons. The lowest BCUT2D eigenvalue weighted by Crippen LogP contribution is -2.46. The van der Waals surface area contributed by atoms with Crippen LogP contribution >= 0.6 is 0 Å². The minimum Gasteiger partial charge on any atom is -0.496 e. The van der Waals surface area contributed by atoms with E-state index in [1.165, 1.54) is 7.11 Å². The van der Waals surface area contributed by atoms with Gasteiger partial charge in [-0.05, 0) is 44.0 Å². The Kier molecular flexibility index (Phi) is 5.82. The number of carbonyl (C=O) groups excluding carboxylic acids is 1. The predicted octanol–water partition coefficient (Wildman–Crippen LogP) is 2.59. The van der Waals surface area contributed by atoms with Crippen molar-refractivity contribution < 1.29 is 17.9 Å². The summed E-state index contributed by atoms with van der Waals surface area (Å²) < 4.78 is 33.1. The van der Waals surface area contributed by atoms with Crippen LogP contribution in [0.2, 0.25) is 0 Å². The van der Waals surface area contributed by atoms with Crippen molar-refractivity contribution >= 4 is 15.9 Å². The van der Waals surface area contributed by atoms with Crippen molar-refractivity contribution in [3.05, 3.63) is 59.7 Å². The second-order valence-corrected chi connectivity index (χ2v) is 8.42. The van der Waals surface area contributed by atoms with E-state index in [-0.39, 0.29) is 16.8 Å². The molecular formula is C20H24N2O4S. The fourth-order valence-corrected chi connectivity index (χ4v) is 4.50. The number of hydrogen-bond donors (Lipinski definition) is 1. The summed E-state index contributed by atoms with van der Waals surface area (Å²) in [6, 6.07) is 13.7. The largest absolute Gasteiger partial charge is 0.496 e. The minimum absolute atomic E-state index is 0.0905. The molecule has 1 N–H and O–H groups in total. The lowest BCUT2D eigenvalue weighted by Gasteiger charge is -2.32. The number of benzene rings is 2. The number of amides is 1. The summed E-state index contributed by atoms with van der Waals surface area (Å²) in [6.45, 7) is 2.91. The van der Waals surface area contributed by atoms with Crippen molar-refractivity contribution in [2.75, 3.05) is 20.2 Å². The number of hydrogen-bond acceptors (Lipinski definition) is 4. The average molecular weight is 388 g/mol. The molecule has 1 heterocycles. The van der Waals surface area contributed by atoms with Gasteiger partial charge in [0.1, 0.15) is 5.75 Å². The molecule has 0 bridgehead atoms. The Labute approximate surface area is 160 Å². The van der Waals surface area contributed by atoms with Gasteiger partial charge in [-0.3, -0.25) is 4.79 Å². The second kappa shape index (κ2) is 8.10. The molecule has 1 aliphatic heterocycles. The molecule has 2 aromatic carbocycles. The van der Waals surface area contributed by atoms with Crippen molar-refractivity contribution in [1.29, 1.82) is 0 Å². The number of piperidine rings is 1. The molecular weight excluding hydrogens is 364 g/mol. The van der Waals surface area contributed by atoms with E-state index >= 15 is 0 Å². The molecule has 1 aliphatic rings. The molecule has 6 nitrogen and oxygen atoms in total. The predicted molar refractivity (Wildman–Crippen MR) is 103 cm³/mol. The van der Waals surface area contributed by atoms with E-state index in [0.717, 1.165) is 5.56 Å². The van der Waals surface area contributed by atoms with Crippen LogP contribution in [0.4, 0.5) is 0 Å². The van der Waals surface area contributed by atoms with E-state index in [9.17, 15) is 13.2 Å². The number of likely N-dealkylation sites (tertiary alicyclic amines) is 1. The van der Waals surface area contributed by atoms with Gasteiger partial charge in [0.25, 0.3) is 5.91 Å². The lowest BCUT2D eigenvalue weighted by atomic mass is 10.0. The van der Waals surface area contributed by atoms with Crippen LogP contribution < -0.4 is 9.46 Å². The van der Waals surface area contributed by atoms with E-state index in [4.69, 9.17) is 4.74 Å². The number of methoxy groups -OCH3 is 1. The van der Waals surface area contributed by atoms with E-state index in [2.05, 4.69) is 4.72 Å². The number of rotatable bonds is 5. The molecule has 7 heteroatoms. The quantitative estimate of drug-likeness (QED) is 0.854. The molecule has 0 radical (unpaired) electrons. The van der Waals surface area contributed by atoms with Crippen molar-refractivity contribution in [2.45, 2.75) is 30.7 Å². The third kappa shape index (κ3) is 4.48. The highest BCUT2D eigenvalue weighted by molar-refractivity contribution is 7.89. The Hall–Kier alpha value is -2.38. The fourth-order valence-electron chi connectivity index (χ4n) is 3.20. The van der Waals surface area contributed by atoms with E-state index in [0.29, 0.717) is 37.2 Å². The van der Waals surface area contributed by atoms with Crippen LogP contribution in [0.15, 0.2) is 53.4 Å². The van der Waals surface area contributed by atoms with Crippen LogP contribution in [0, 0.1) is 6.92 Å². The molecule has 2 aromatic rings. The zero-order chi connectivity index (χ0) is 19.4. The van der Waals surface area contributed by atoms with Gasteiger partial charge in [-0.2, -0.15) is 0 Å². The Morgan fingerprint density at radius 3 is 2.33 bits per heavy atom. The van der Waals surface area contributed by atoms with E-state index in [1.54, 1.807) is 47.4 Å². The van der Waals surface area contributed by atoms with Crippen LogP contribution in [0.3, 0.4) is 0 Å². The fraction of sp³-hybridized carbons (Fsp3) is 0.350. The summed E-state index contributed by atoms with van der Waals surface area (Å²) >= 11 is 0. The molecule has 0 saturated carbocycles. The first-order valence-electron chi connectivity index (χ1n) is 8.92. The number of aryl methyl sites for hydroxylation is 1. The van der Waals surface area contributed by atoms with Crippen molar-refractivity contribution in [3.8, 4) is 5.75 Å². The number of sulfonamides is 1. The summed E-state index contributed by atoms with van der Waals surface area (Å²) in [5, 5.41) is 0. The molecule has 1 fully saturated rings. The smallest absolute Gasteiger partial charge is 0.257 e. The zero-order valence-electron chi connectivity index (χ0n) is 15.5. The number of ether oxygens (including phenoxy) is 1. The lowest BCUT2D eigenvalue weighted by molar-refractivity contribution is 0.0708. The van der Waals surface area contributed by atoms with Crippen molar-refractivity contribution in [1.82, 2.24) is 9.62 Å². The summed E-state index contributed by atoms with van der Waals surface area (Å²) in [5.41, 5.74) is 1.54. The first-order valence-corrected chi connectivity index (χ1v) is 10.4. The number of nitrogens with one attached hydrogen (secondary N) is 1. The standard InChI is InChI=1S/C20H24N2O4S/c1-15-7-9-17(10-8-15)27(24,25)21-16-11-13-22(14-12-16)20(23)18-5-3-4-6-19(18)26-2/h3-10,16,21H,11-14H2,1-2H3. The molecule has 27 heavy (non-hydrogen) atoms. The van der Waals surface area contributed by atoms with Crippen LogP contribution in [-0.4, -0.2) is 45.5 Å². The Bertz CT molecular complexity index is 902. The average Bonchev–Trinajstić information content (AvgIpc) is 2.68. The van der Waals surface area contributed by atoms with Gasteiger partial charge in [0.2, 0.25) is 10.0 Å². The Morgan fingerprint density at radius 2 is 1.70 bits per heavy atom. The molecule has 0 unspecified atom stereocenters. The van der Waals surface area contributed by atoms with Gasteiger partial charge < -0.3 is 9.64 Å². The van der Waals surface area contributed by atoms with Gasteiger partial charge in [-0.1, -0.05) is 29.8 Å². The van der Waals surface area contributed by atoms with Crippen LogP contribution in [0.25, 0.3) is 0 Å². The molecule has 0 aliphatic carbocycles. The summed E-state index contributed by atoms with van der Waals surface area (Å²) in [7, 11) is -2.01. The van der Waals surface area contributed by atoms with E-state index < -0.39 is 10.0 Å². The Morgan fingerprint density at radius 1 is 1.07 bits per heavy atom. The van der Waals surface area contributed by atoms with Crippen molar-refractivity contribution in [2.24, 2.45) is 0 Å². The maximum Gasteiger partial charge on any atom is 0.257 e. The topological polar surface area (TPSA) is 75.7 Å². The van der Waals surface area contributed by atoms with Crippen LogP contribution in [0.1, 0.15) is 28.8 Å². The van der Waals surface area contributed by atoms with Gasteiger partial charge in [-0.15, -0.1) is 0 Å². The normalized spacial score (nSPS) is 15.6. The summed E-state index contributed by atoms with van der Waals surface area (Å²) in [5.74, 6) is 0.456. The monoisotopic (exact) mass is 388 g/mol. The molecule has 1 amide bonds. The number of nitrogens with zero attached hydrogens (tertiary/aromatic N) is 1. The van der Waals surface area contributed by atoms with Gasteiger partial charge in [0, 0.05) is 19.1 Å². The maximum atomic E-state index is 12.7. The molecule has 3 rings (SSSR count). The van der Waals surface area contributed by atoms with Gasteiger partial charge in [0.15, 0.2) is 0 Å². The number of para-hydroxylation sites is 1. The molecule has 0 aromatic heterocycles. The van der Waals surface area contributed by atoms with E-state index in [1.807, 2.05) is 13.0 Å². The van der Waals surface area contributed by atoms with Gasteiger partial charge in [0.05, 0.1) is 17.6 Å². The molecule has 0 spiro atoms. The highest BCUT2D eigenvalue weighted by Crippen LogP contribution is 2.22. The minimum atomic E-state index is -3.55. The second-order valence-electron chi connectivity index (χ2n) is 6.70. The first-order chi connectivity index (χ1) is 12.9. The third-order valence-electron chi connectivity index (χ3n) is 4.77. The van der Waals surface area contributed by atoms with Crippen LogP contribution in [0.5, 0.6) is 5.75 Å². The maximum absolute atomic E-state index is 12.7. The van der Waals surface area contributed by atoms with Gasteiger partial charge in [-0.25, -0.2) is 13.1 Å². The first kappa shape index (κ1) is 19.4. The third-order valence-corrected chi connectivity index (χ3v) is 6.31. The summed E-state index contributed by atoms with van der Waals surface area (Å²) in [4.78, 5) is 14.7. The Balaban J connectivity index is 1.62. The van der Waals surface area contributed by atoms with Crippen molar-refractivity contribution in [3.63, 3.8) is 0 Å². The number of carbonyl (C=O) groups is 1. The highest BCUT2D eigenvalue weighted by atomic mass is 32.2. The van der Waals surface area contributed by atoms with Gasteiger partial charge >= 0.3 is 0 Å². The van der Waals surface area contributed by atoms with Crippen LogP contribution in [-0.2, 0) is 10.0 Å².